The second kappa shape index (κ2) is 3.95. The van der Waals surface area contributed by atoms with Gasteiger partial charge >= 0.3 is 0 Å². The molecule has 0 radical (unpaired) electrons. The van der Waals surface area contributed by atoms with E-state index in [-0.39, 0.29) is 0 Å². The Hall–Kier alpha value is -2.48. The van der Waals surface area contributed by atoms with Crippen LogP contribution in [0.4, 0.5) is 5.69 Å². The van der Waals surface area contributed by atoms with Gasteiger partial charge in [-0.15, -0.1) is 0 Å². The third-order valence-electron chi connectivity index (χ3n) is 2.18. The smallest absolute Gasteiger partial charge is 0.215 e. The van der Waals surface area contributed by atoms with Crippen molar-refractivity contribution in [1.29, 1.82) is 5.26 Å². The van der Waals surface area contributed by atoms with E-state index in [1.807, 2.05) is 0 Å². The lowest BCUT2D eigenvalue weighted by Crippen LogP contribution is -2.04. The minimum atomic E-state index is 0.460. The summed E-state index contributed by atoms with van der Waals surface area (Å²) in [5.74, 6) is 0.961. The zero-order valence-electron chi connectivity index (χ0n) is 8.71. The highest BCUT2D eigenvalue weighted by molar-refractivity contribution is 5.56. The van der Waals surface area contributed by atoms with E-state index < -0.39 is 0 Å². The quantitative estimate of drug-likeness (QED) is 0.818. The number of nitrogens with zero attached hydrogens (tertiary/aromatic N) is 3. The number of nitrogen functional groups attached to an aromatic ring is 1. The Kier molecular flexibility index (Phi) is 2.48. The molecular weight excluding hydrogens is 204 g/mol. The summed E-state index contributed by atoms with van der Waals surface area (Å²) in [4.78, 5) is 4.21. The zero-order chi connectivity index (χ0) is 11.5. The number of nitrogens with two attached hydrogens (primary N) is 1. The van der Waals surface area contributed by atoms with Gasteiger partial charge in [-0.05, 0) is 18.2 Å². The number of aromatic nitrogens is 2. The van der Waals surface area contributed by atoms with Crippen LogP contribution < -0.4 is 10.5 Å². The number of pyridine rings is 1. The Morgan fingerprint density at radius 3 is 2.94 bits per heavy atom. The average Bonchev–Trinajstić information content (AvgIpc) is 2.77. The average molecular weight is 214 g/mol. The van der Waals surface area contributed by atoms with E-state index in [1.54, 1.807) is 35.0 Å². The largest absolute Gasteiger partial charge is 0.481 e. The maximum atomic E-state index is 8.92. The van der Waals surface area contributed by atoms with Crippen LogP contribution in [0.1, 0.15) is 5.69 Å². The van der Waals surface area contributed by atoms with Crippen LogP contribution in [0.3, 0.4) is 0 Å². The first-order chi connectivity index (χ1) is 7.76. The summed E-state index contributed by atoms with van der Waals surface area (Å²) in [6.07, 6.45) is 1.73. The van der Waals surface area contributed by atoms with Gasteiger partial charge in [0, 0.05) is 12.3 Å². The molecule has 0 unspecified atom stereocenters. The van der Waals surface area contributed by atoms with E-state index in [0.717, 1.165) is 0 Å². The van der Waals surface area contributed by atoms with Gasteiger partial charge in [0.1, 0.15) is 11.8 Å². The Bertz CT molecular complexity index is 553. The summed E-state index contributed by atoms with van der Waals surface area (Å²) in [6.45, 7) is 0. The highest BCUT2D eigenvalue weighted by Gasteiger charge is 2.08. The van der Waals surface area contributed by atoms with Crippen molar-refractivity contribution in [3.8, 4) is 17.8 Å². The summed E-state index contributed by atoms with van der Waals surface area (Å²) < 4.78 is 6.64. The van der Waals surface area contributed by atoms with Crippen molar-refractivity contribution in [2.24, 2.45) is 0 Å². The van der Waals surface area contributed by atoms with E-state index in [1.165, 1.54) is 7.11 Å². The van der Waals surface area contributed by atoms with Crippen molar-refractivity contribution in [3.63, 3.8) is 0 Å². The van der Waals surface area contributed by atoms with Gasteiger partial charge in [0.05, 0.1) is 12.8 Å². The Labute approximate surface area is 92.7 Å². The van der Waals surface area contributed by atoms with Crippen LogP contribution in [-0.2, 0) is 0 Å². The van der Waals surface area contributed by atoms with Gasteiger partial charge in [-0.25, -0.2) is 0 Å². The lowest BCUT2D eigenvalue weighted by Gasteiger charge is -2.08. The first-order valence-corrected chi connectivity index (χ1v) is 4.64. The number of nitriles is 1. The molecule has 0 atom stereocenters. The van der Waals surface area contributed by atoms with Crippen molar-refractivity contribution in [2.45, 2.75) is 0 Å². The molecular formula is C11H10N4O. The number of methoxy groups -OCH3 is 1. The molecule has 2 N–H and O–H groups in total. The van der Waals surface area contributed by atoms with Crippen LogP contribution in [0, 0.1) is 11.3 Å². The lowest BCUT2D eigenvalue weighted by molar-refractivity contribution is 0.397. The highest BCUT2D eigenvalue weighted by Crippen LogP contribution is 2.20. The number of ether oxygens (including phenoxy) is 1. The van der Waals surface area contributed by atoms with Gasteiger partial charge in [0.15, 0.2) is 5.82 Å². The standard InChI is InChI=1S/C11H10N4O/c1-16-10-5-4-9(13)11(14-10)15-6-2-3-8(15)7-12/h2-6H,13H2,1H3. The van der Waals surface area contributed by atoms with E-state index >= 15 is 0 Å². The molecule has 0 aliphatic carbocycles. The van der Waals surface area contributed by atoms with E-state index in [0.29, 0.717) is 23.1 Å². The predicted octanol–water partition coefficient (Wildman–Crippen LogP) is 1.33. The fourth-order valence-electron chi connectivity index (χ4n) is 1.41. The summed E-state index contributed by atoms with van der Waals surface area (Å²) in [5, 5.41) is 8.92. The second-order valence-corrected chi connectivity index (χ2v) is 3.14. The van der Waals surface area contributed by atoms with Gasteiger partial charge in [-0.2, -0.15) is 10.2 Å². The third-order valence-corrected chi connectivity index (χ3v) is 2.18. The molecule has 0 aliphatic rings. The third kappa shape index (κ3) is 1.57. The predicted molar refractivity (Wildman–Crippen MR) is 59.2 cm³/mol. The van der Waals surface area contributed by atoms with Crippen molar-refractivity contribution in [2.75, 3.05) is 12.8 Å². The molecule has 0 amide bonds. The van der Waals surface area contributed by atoms with Crippen LogP contribution in [0.25, 0.3) is 5.82 Å². The molecule has 2 heterocycles. The fraction of sp³-hybridized carbons (Fsp3) is 0.0909. The topological polar surface area (TPSA) is 76.9 Å². The van der Waals surface area contributed by atoms with E-state index in [4.69, 9.17) is 15.7 Å². The van der Waals surface area contributed by atoms with Crippen LogP contribution in [0.5, 0.6) is 5.88 Å². The summed E-state index contributed by atoms with van der Waals surface area (Å²) in [7, 11) is 1.53. The highest BCUT2D eigenvalue weighted by atomic mass is 16.5. The van der Waals surface area contributed by atoms with Gasteiger partial charge < -0.3 is 10.5 Å². The maximum Gasteiger partial charge on any atom is 0.215 e. The van der Waals surface area contributed by atoms with Crippen LogP contribution in [-0.4, -0.2) is 16.7 Å². The molecule has 0 saturated heterocycles. The molecule has 0 aliphatic heterocycles. The molecule has 2 aromatic heterocycles. The fourth-order valence-corrected chi connectivity index (χ4v) is 1.41. The van der Waals surface area contributed by atoms with Gasteiger partial charge in [-0.3, -0.25) is 4.57 Å². The molecule has 5 heteroatoms. The van der Waals surface area contributed by atoms with Crippen molar-refractivity contribution >= 4 is 5.69 Å². The SMILES string of the molecule is COc1ccc(N)c(-n2cccc2C#N)n1. The van der Waals surface area contributed by atoms with Crippen LogP contribution in [0.2, 0.25) is 0 Å². The first-order valence-electron chi connectivity index (χ1n) is 4.64. The molecule has 2 aromatic rings. The molecule has 80 valence electrons. The Morgan fingerprint density at radius 1 is 1.44 bits per heavy atom. The minimum Gasteiger partial charge on any atom is -0.481 e. The monoisotopic (exact) mass is 214 g/mol. The number of rotatable bonds is 2. The van der Waals surface area contributed by atoms with Gasteiger partial charge in [0.25, 0.3) is 0 Å². The number of hydrogen-bond acceptors (Lipinski definition) is 4. The molecule has 0 saturated carbocycles. The molecule has 0 aromatic carbocycles. The minimum absolute atomic E-state index is 0.460. The lowest BCUT2D eigenvalue weighted by atomic mass is 10.3. The molecule has 5 nitrogen and oxygen atoms in total. The van der Waals surface area contributed by atoms with Crippen LogP contribution in [0.15, 0.2) is 30.5 Å². The molecule has 0 fully saturated rings. The summed E-state index contributed by atoms with van der Waals surface area (Å²) >= 11 is 0. The molecule has 0 spiro atoms. The Balaban J connectivity index is 2.60. The van der Waals surface area contributed by atoms with E-state index in [9.17, 15) is 0 Å². The summed E-state index contributed by atoms with van der Waals surface area (Å²) in [5.41, 5.74) is 6.78. The normalized spacial score (nSPS) is 9.75. The number of hydrogen-bond donors (Lipinski definition) is 1. The maximum absolute atomic E-state index is 8.92. The van der Waals surface area contributed by atoms with Crippen molar-refractivity contribution in [1.82, 2.24) is 9.55 Å². The van der Waals surface area contributed by atoms with Crippen LogP contribution >= 0.6 is 0 Å². The van der Waals surface area contributed by atoms with Crippen molar-refractivity contribution < 1.29 is 4.74 Å². The molecule has 16 heavy (non-hydrogen) atoms. The Morgan fingerprint density at radius 2 is 2.25 bits per heavy atom. The van der Waals surface area contributed by atoms with Crippen molar-refractivity contribution in [3.05, 3.63) is 36.2 Å². The first kappa shape index (κ1) is 10.1. The molecule has 0 bridgehead atoms. The summed E-state index contributed by atoms with van der Waals surface area (Å²) in [6, 6.07) is 8.90. The second-order valence-electron chi connectivity index (χ2n) is 3.14. The van der Waals surface area contributed by atoms with Gasteiger partial charge in [-0.1, -0.05) is 0 Å². The zero-order valence-corrected chi connectivity index (χ0v) is 8.71. The molecule has 2 rings (SSSR count). The van der Waals surface area contributed by atoms with Gasteiger partial charge in [0.2, 0.25) is 5.88 Å². The number of anilines is 1. The van der Waals surface area contributed by atoms with E-state index in [2.05, 4.69) is 11.1 Å².